The van der Waals surface area contributed by atoms with Crippen LogP contribution < -0.4 is 15.4 Å². The maximum atomic E-state index is 12.5. The third-order valence-electron chi connectivity index (χ3n) is 5.00. The van der Waals surface area contributed by atoms with Crippen molar-refractivity contribution in [1.29, 1.82) is 0 Å². The zero-order valence-corrected chi connectivity index (χ0v) is 20.0. The first-order chi connectivity index (χ1) is 14.2. The molecule has 162 valence electrons. The second kappa shape index (κ2) is 12.4. The van der Waals surface area contributed by atoms with Crippen LogP contribution in [0.15, 0.2) is 53.5 Å². The second-order valence-electron chi connectivity index (χ2n) is 7.02. The highest BCUT2D eigenvalue weighted by Gasteiger charge is 2.22. The van der Waals surface area contributed by atoms with Crippen LogP contribution in [0.2, 0.25) is 0 Å². The fourth-order valence-electron chi connectivity index (χ4n) is 3.46. The second-order valence-corrected chi connectivity index (χ2v) is 7.02. The van der Waals surface area contributed by atoms with E-state index >= 15 is 0 Å². The van der Waals surface area contributed by atoms with Crippen molar-refractivity contribution < 1.29 is 9.53 Å². The Balaban J connectivity index is 0.00000320. The molecule has 0 spiro atoms. The molecule has 1 amide bonds. The van der Waals surface area contributed by atoms with E-state index in [9.17, 15) is 4.79 Å². The molecule has 0 radical (unpaired) electrons. The standard InChI is InChI=1S/C23H30N4O2.HI/c1-3-29-21-12-7-6-9-18(21)15-26-23(24-2)25-14-8-13-22(28)27-16-19-10-4-5-11-20(19)17-27;/h4-7,9-12H,3,8,13-17H2,1-2H3,(H2,24,25,26);1H. The molecule has 0 aromatic heterocycles. The predicted octanol–water partition coefficient (Wildman–Crippen LogP) is 3.69. The van der Waals surface area contributed by atoms with Crippen LogP contribution >= 0.6 is 24.0 Å². The number of amides is 1. The molecule has 2 N–H and O–H groups in total. The number of fused-ring (bicyclic) bond motifs is 1. The van der Waals surface area contributed by atoms with Crippen LogP contribution in [0.25, 0.3) is 0 Å². The number of carbonyl (C=O) groups excluding carboxylic acids is 1. The minimum atomic E-state index is 0. The summed E-state index contributed by atoms with van der Waals surface area (Å²) in [7, 11) is 1.75. The van der Waals surface area contributed by atoms with Gasteiger partial charge >= 0.3 is 0 Å². The zero-order chi connectivity index (χ0) is 20.5. The molecule has 0 bridgehead atoms. The molecule has 0 saturated heterocycles. The van der Waals surface area contributed by atoms with Gasteiger partial charge in [-0.2, -0.15) is 0 Å². The van der Waals surface area contributed by atoms with Crippen molar-refractivity contribution in [2.45, 2.75) is 39.4 Å². The van der Waals surface area contributed by atoms with Gasteiger partial charge in [0.15, 0.2) is 5.96 Å². The van der Waals surface area contributed by atoms with E-state index in [1.807, 2.05) is 48.2 Å². The largest absolute Gasteiger partial charge is 0.494 e. The van der Waals surface area contributed by atoms with Crippen LogP contribution in [0.3, 0.4) is 0 Å². The quantitative estimate of drug-likeness (QED) is 0.240. The number of nitrogens with one attached hydrogen (secondary N) is 2. The normalized spacial score (nSPS) is 12.7. The number of hydrogen-bond donors (Lipinski definition) is 2. The van der Waals surface area contributed by atoms with E-state index < -0.39 is 0 Å². The molecule has 1 aliphatic rings. The Bertz CT molecular complexity index is 832. The number of rotatable bonds is 8. The van der Waals surface area contributed by atoms with E-state index in [1.165, 1.54) is 11.1 Å². The summed E-state index contributed by atoms with van der Waals surface area (Å²) in [5, 5.41) is 6.58. The van der Waals surface area contributed by atoms with Crippen molar-refractivity contribution in [2.75, 3.05) is 20.2 Å². The van der Waals surface area contributed by atoms with Crippen molar-refractivity contribution in [3.63, 3.8) is 0 Å². The minimum Gasteiger partial charge on any atom is -0.494 e. The van der Waals surface area contributed by atoms with Crippen LogP contribution in [0.4, 0.5) is 0 Å². The molecule has 7 heteroatoms. The summed E-state index contributed by atoms with van der Waals surface area (Å²) < 4.78 is 5.66. The highest BCUT2D eigenvalue weighted by molar-refractivity contribution is 14.0. The summed E-state index contributed by atoms with van der Waals surface area (Å²) in [6, 6.07) is 16.2. The minimum absolute atomic E-state index is 0. The van der Waals surface area contributed by atoms with Gasteiger partial charge < -0.3 is 20.3 Å². The van der Waals surface area contributed by atoms with Crippen molar-refractivity contribution in [2.24, 2.45) is 4.99 Å². The maximum absolute atomic E-state index is 12.5. The average Bonchev–Trinajstić information content (AvgIpc) is 3.19. The summed E-state index contributed by atoms with van der Waals surface area (Å²) in [4.78, 5) is 18.7. The molecule has 0 atom stereocenters. The number of ether oxygens (including phenoxy) is 1. The van der Waals surface area contributed by atoms with Crippen LogP contribution in [0, 0.1) is 0 Å². The van der Waals surface area contributed by atoms with Gasteiger partial charge in [-0.3, -0.25) is 9.79 Å². The molecule has 1 heterocycles. The van der Waals surface area contributed by atoms with Gasteiger partial charge in [-0.25, -0.2) is 0 Å². The molecular weight excluding hydrogens is 491 g/mol. The lowest BCUT2D eigenvalue weighted by molar-refractivity contribution is -0.131. The lowest BCUT2D eigenvalue weighted by Crippen LogP contribution is -2.37. The molecule has 1 aliphatic heterocycles. The summed E-state index contributed by atoms with van der Waals surface area (Å²) in [6.45, 7) is 5.39. The first-order valence-electron chi connectivity index (χ1n) is 10.2. The molecule has 3 rings (SSSR count). The Morgan fingerprint density at radius 1 is 1.07 bits per heavy atom. The Kier molecular flexibility index (Phi) is 9.93. The van der Waals surface area contributed by atoms with E-state index in [4.69, 9.17) is 4.74 Å². The highest BCUT2D eigenvalue weighted by Crippen LogP contribution is 2.22. The maximum Gasteiger partial charge on any atom is 0.223 e. The van der Waals surface area contributed by atoms with Crippen molar-refractivity contribution in [3.05, 3.63) is 65.2 Å². The number of guanidine groups is 1. The molecule has 2 aromatic rings. The van der Waals surface area contributed by atoms with Gasteiger partial charge in [-0.1, -0.05) is 42.5 Å². The Morgan fingerprint density at radius 2 is 1.73 bits per heavy atom. The predicted molar refractivity (Wildman–Crippen MR) is 131 cm³/mol. The Hall–Kier alpha value is -2.29. The molecule has 6 nitrogen and oxygen atoms in total. The Labute approximate surface area is 196 Å². The van der Waals surface area contributed by atoms with Crippen molar-refractivity contribution in [1.82, 2.24) is 15.5 Å². The van der Waals surface area contributed by atoms with Gasteiger partial charge in [-0.15, -0.1) is 24.0 Å². The molecule has 30 heavy (non-hydrogen) atoms. The summed E-state index contributed by atoms with van der Waals surface area (Å²) in [5.74, 6) is 1.81. The monoisotopic (exact) mass is 522 g/mol. The highest BCUT2D eigenvalue weighted by atomic mass is 127. The van der Waals surface area contributed by atoms with Crippen LogP contribution in [-0.2, 0) is 24.4 Å². The first-order valence-corrected chi connectivity index (χ1v) is 10.2. The summed E-state index contributed by atoms with van der Waals surface area (Å²) in [5.41, 5.74) is 3.60. The number of benzene rings is 2. The fourth-order valence-corrected chi connectivity index (χ4v) is 3.46. The van der Waals surface area contributed by atoms with E-state index in [2.05, 4.69) is 27.8 Å². The van der Waals surface area contributed by atoms with Crippen LogP contribution in [0.5, 0.6) is 5.75 Å². The lowest BCUT2D eigenvalue weighted by atomic mass is 10.1. The van der Waals surface area contributed by atoms with E-state index in [-0.39, 0.29) is 29.9 Å². The number of aliphatic imine (C=N–C) groups is 1. The molecule has 2 aromatic carbocycles. The van der Waals surface area contributed by atoms with Gasteiger partial charge in [-0.05, 0) is 30.5 Å². The van der Waals surface area contributed by atoms with Gasteiger partial charge in [0.1, 0.15) is 5.75 Å². The topological polar surface area (TPSA) is 66.0 Å². The van der Waals surface area contributed by atoms with Gasteiger partial charge in [0, 0.05) is 45.2 Å². The number of halogens is 1. The summed E-state index contributed by atoms with van der Waals surface area (Å²) in [6.07, 6.45) is 1.30. The van der Waals surface area contributed by atoms with E-state index in [1.54, 1.807) is 7.05 Å². The van der Waals surface area contributed by atoms with Crippen LogP contribution in [-0.4, -0.2) is 37.0 Å². The molecular formula is C23H31IN4O2. The molecule has 0 unspecified atom stereocenters. The van der Waals surface area contributed by atoms with Gasteiger partial charge in [0.05, 0.1) is 6.61 Å². The average molecular weight is 522 g/mol. The third kappa shape index (κ3) is 6.62. The smallest absolute Gasteiger partial charge is 0.223 e. The molecule has 0 fully saturated rings. The van der Waals surface area contributed by atoms with Crippen LogP contribution in [0.1, 0.15) is 36.5 Å². The number of nitrogens with zero attached hydrogens (tertiary/aromatic N) is 2. The molecule has 0 saturated carbocycles. The Morgan fingerprint density at radius 3 is 2.40 bits per heavy atom. The van der Waals surface area contributed by atoms with Gasteiger partial charge in [0.2, 0.25) is 5.91 Å². The zero-order valence-electron chi connectivity index (χ0n) is 17.7. The number of carbonyl (C=O) groups is 1. The summed E-state index contributed by atoms with van der Waals surface area (Å²) >= 11 is 0. The fraction of sp³-hybridized carbons (Fsp3) is 0.391. The lowest BCUT2D eigenvalue weighted by Gasteiger charge is -2.16. The van der Waals surface area contributed by atoms with E-state index in [0.717, 1.165) is 36.8 Å². The van der Waals surface area contributed by atoms with Crippen molar-refractivity contribution >= 4 is 35.8 Å². The van der Waals surface area contributed by atoms with Gasteiger partial charge in [0.25, 0.3) is 0 Å². The number of para-hydroxylation sites is 1. The third-order valence-corrected chi connectivity index (χ3v) is 5.00. The first kappa shape index (κ1) is 24.0. The number of hydrogen-bond acceptors (Lipinski definition) is 3. The molecule has 0 aliphatic carbocycles. The van der Waals surface area contributed by atoms with E-state index in [0.29, 0.717) is 26.1 Å². The van der Waals surface area contributed by atoms with Crippen molar-refractivity contribution in [3.8, 4) is 5.75 Å². The SMILES string of the molecule is CCOc1ccccc1CNC(=NC)NCCCC(=O)N1Cc2ccccc2C1.I.